The van der Waals surface area contributed by atoms with Crippen molar-refractivity contribution in [3.8, 4) is 6.07 Å². The van der Waals surface area contributed by atoms with Crippen LogP contribution in [0.4, 0.5) is 5.69 Å². The lowest BCUT2D eigenvalue weighted by Gasteiger charge is -2.21. The van der Waals surface area contributed by atoms with Gasteiger partial charge in [-0.05, 0) is 56.7 Å². The van der Waals surface area contributed by atoms with Crippen molar-refractivity contribution < 1.29 is 4.79 Å². The van der Waals surface area contributed by atoms with E-state index < -0.39 is 5.41 Å². The summed E-state index contributed by atoms with van der Waals surface area (Å²) in [6, 6.07) is 8.05. The third kappa shape index (κ3) is 2.38. The van der Waals surface area contributed by atoms with E-state index in [0.29, 0.717) is 0 Å². The van der Waals surface area contributed by atoms with Gasteiger partial charge in [0.05, 0.1) is 6.07 Å². The predicted octanol–water partition coefficient (Wildman–Crippen LogP) is 3.05. The van der Waals surface area contributed by atoms with Crippen LogP contribution in [-0.2, 0) is 17.6 Å². The molecule has 0 bridgehead atoms. The number of nitrogens with one attached hydrogen (secondary N) is 1. The van der Waals surface area contributed by atoms with Gasteiger partial charge in [-0.15, -0.1) is 0 Å². The van der Waals surface area contributed by atoms with Crippen molar-refractivity contribution in [3.05, 3.63) is 29.3 Å². The number of aryl methyl sites for hydroxylation is 1. The van der Waals surface area contributed by atoms with Crippen LogP contribution in [0.15, 0.2) is 18.2 Å². The third-order valence-corrected chi connectivity index (χ3v) is 3.49. The van der Waals surface area contributed by atoms with Crippen LogP contribution in [0.2, 0.25) is 0 Å². The number of carbonyl (C=O) groups excluding carboxylic acids is 1. The summed E-state index contributed by atoms with van der Waals surface area (Å²) in [6.07, 6.45) is 4.48. The monoisotopic (exact) mass is 242 g/mol. The first-order chi connectivity index (χ1) is 8.54. The lowest BCUT2D eigenvalue weighted by molar-refractivity contribution is -0.121. The highest BCUT2D eigenvalue weighted by Gasteiger charge is 2.28. The average molecular weight is 242 g/mol. The second-order valence-corrected chi connectivity index (χ2v) is 5.34. The summed E-state index contributed by atoms with van der Waals surface area (Å²) in [7, 11) is 0. The molecular weight excluding hydrogens is 224 g/mol. The Kier molecular flexibility index (Phi) is 3.38. The molecule has 0 aliphatic heterocycles. The maximum Gasteiger partial charge on any atom is 0.244 e. The van der Waals surface area contributed by atoms with Crippen LogP contribution in [0.1, 0.15) is 37.8 Å². The molecule has 1 aliphatic carbocycles. The quantitative estimate of drug-likeness (QED) is 0.866. The molecule has 0 atom stereocenters. The number of hydrogen-bond donors (Lipinski definition) is 1. The number of anilines is 1. The van der Waals surface area contributed by atoms with E-state index in [4.69, 9.17) is 5.26 Å². The first kappa shape index (κ1) is 12.6. The SMILES string of the molecule is CC(C)(C#N)C(=O)Nc1cccc2c1CCCC2. The van der Waals surface area contributed by atoms with Crippen LogP contribution in [0.5, 0.6) is 0 Å². The zero-order chi connectivity index (χ0) is 13.2. The number of amides is 1. The Hall–Kier alpha value is -1.82. The Morgan fingerprint density at radius 3 is 2.78 bits per heavy atom. The molecule has 1 aromatic carbocycles. The fraction of sp³-hybridized carbons (Fsp3) is 0.467. The van der Waals surface area contributed by atoms with E-state index in [1.54, 1.807) is 13.8 Å². The molecule has 0 radical (unpaired) electrons. The Labute approximate surface area is 108 Å². The third-order valence-electron chi connectivity index (χ3n) is 3.49. The molecule has 1 aromatic rings. The van der Waals surface area contributed by atoms with Crippen molar-refractivity contribution in [2.24, 2.45) is 5.41 Å². The number of nitrogens with zero attached hydrogens (tertiary/aromatic N) is 1. The minimum Gasteiger partial charge on any atom is -0.324 e. The highest BCUT2D eigenvalue weighted by molar-refractivity contribution is 5.97. The highest BCUT2D eigenvalue weighted by Crippen LogP contribution is 2.29. The highest BCUT2D eigenvalue weighted by atomic mass is 16.2. The van der Waals surface area contributed by atoms with Gasteiger partial charge in [0, 0.05) is 5.69 Å². The van der Waals surface area contributed by atoms with Crippen molar-refractivity contribution in [1.82, 2.24) is 0 Å². The summed E-state index contributed by atoms with van der Waals surface area (Å²) in [4.78, 5) is 12.0. The molecule has 2 rings (SSSR count). The smallest absolute Gasteiger partial charge is 0.244 e. The van der Waals surface area contributed by atoms with E-state index >= 15 is 0 Å². The summed E-state index contributed by atoms with van der Waals surface area (Å²) in [5, 5.41) is 11.9. The maximum absolute atomic E-state index is 12.0. The zero-order valence-corrected chi connectivity index (χ0v) is 10.9. The molecule has 3 heteroatoms. The molecule has 3 nitrogen and oxygen atoms in total. The fourth-order valence-corrected chi connectivity index (χ4v) is 2.23. The lowest BCUT2D eigenvalue weighted by atomic mass is 9.89. The van der Waals surface area contributed by atoms with Gasteiger partial charge in [0.15, 0.2) is 0 Å². The second-order valence-electron chi connectivity index (χ2n) is 5.34. The number of nitriles is 1. The van der Waals surface area contributed by atoms with Crippen LogP contribution in [-0.4, -0.2) is 5.91 Å². The van der Waals surface area contributed by atoms with Gasteiger partial charge in [-0.25, -0.2) is 0 Å². The van der Waals surface area contributed by atoms with Crippen molar-refractivity contribution in [2.45, 2.75) is 39.5 Å². The molecule has 0 fully saturated rings. The first-order valence-electron chi connectivity index (χ1n) is 6.38. The molecular formula is C15H18N2O. The van der Waals surface area contributed by atoms with Crippen LogP contribution in [0, 0.1) is 16.7 Å². The Bertz CT molecular complexity index is 512. The van der Waals surface area contributed by atoms with E-state index in [0.717, 1.165) is 18.5 Å². The minimum absolute atomic E-state index is 0.232. The second kappa shape index (κ2) is 4.81. The molecule has 18 heavy (non-hydrogen) atoms. The van der Waals surface area contributed by atoms with Gasteiger partial charge in [0.25, 0.3) is 0 Å². The van der Waals surface area contributed by atoms with Crippen molar-refractivity contribution in [2.75, 3.05) is 5.32 Å². The normalized spacial score (nSPS) is 14.5. The number of hydrogen-bond acceptors (Lipinski definition) is 2. The van der Waals surface area contributed by atoms with Crippen LogP contribution < -0.4 is 5.32 Å². The summed E-state index contributed by atoms with van der Waals surface area (Å²) in [6.45, 7) is 3.27. The number of carbonyl (C=O) groups is 1. The van der Waals surface area contributed by atoms with Gasteiger partial charge in [-0.3, -0.25) is 4.79 Å². The Morgan fingerprint density at radius 1 is 1.33 bits per heavy atom. The van der Waals surface area contributed by atoms with E-state index in [-0.39, 0.29) is 5.91 Å². The molecule has 1 N–H and O–H groups in total. The van der Waals surface area contributed by atoms with E-state index in [1.807, 2.05) is 18.2 Å². The summed E-state index contributed by atoms with van der Waals surface area (Å²) in [5.74, 6) is -0.232. The lowest BCUT2D eigenvalue weighted by Crippen LogP contribution is -2.29. The van der Waals surface area contributed by atoms with Gasteiger partial charge in [-0.1, -0.05) is 12.1 Å². The van der Waals surface area contributed by atoms with Gasteiger partial charge < -0.3 is 5.32 Å². The van der Waals surface area contributed by atoms with Crippen molar-refractivity contribution >= 4 is 11.6 Å². The molecule has 0 unspecified atom stereocenters. The summed E-state index contributed by atoms with van der Waals surface area (Å²) >= 11 is 0. The zero-order valence-electron chi connectivity index (χ0n) is 10.9. The molecule has 94 valence electrons. The molecule has 0 aromatic heterocycles. The molecule has 0 saturated carbocycles. The van der Waals surface area contributed by atoms with Crippen molar-refractivity contribution in [1.29, 1.82) is 5.26 Å². The number of fused-ring (bicyclic) bond motifs is 1. The molecule has 1 aliphatic rings. The fourth-order valence-electron chi connectivity index (χ4n) is 2.23. The first-order valence-corrected chi connectivity index (χ1v) is 6.38. The maximum atomic E-state index is 12.0. The minimum atomic E-state index is -0.989. The summed E-state index contributed by atoms with van der Waals surface area (Å²) < 4.78 is 0. The molecule has 1 amide bonds. The van der Waals surface area contributed by atoms with E-state index in [1.165, 1.54) is 24.0 Å². The van der Waals surface area contributed by atoms with E-state index in [2.05, 4.69) is 11.4 Å². The van der Waals surface area contributed by atoms with Gasteiger partial charge >= 0.3 is 0 Å². The topological polar surface area (TPSA) is 52.9 Å². The number of benzene rings is 1. The van der Waals surface area contributed by atoms with Crippen LogP contribution in [0.3, 0.4) is 0 Å². The number of rotatable bonds is 2. The van der Waals surface area contributed by atoms with Crippen LogP contribution in [0.25, 0.3) is 0 Å². The largest absolute Gasteiger partial charge is 0.324 e. The van der Waals surface area contributed by atoms with Gasteiger partial charge in [0.2, 0.25) is 5.91 Å². The molecule has 0 heterocycles. The molecule has 0 spiro atoms. The van der Waals surface area contributed by atoms with Crippen molar-refractivity contribution in [3.63, 3.8) is 0 Å². The van der Waals surface area contributed by atoms with Gasteiger partial charge in [0.1, 0.15) is 5.41 Å². The predicted molar refractivity (Wildman–Crippen MR) is 71.1 cm³/mol. The van der Waals surface area contributed by atoms with Gasteiger partial charge in [-0.2, -0.15) is 5.26 Å². The van der Waals surface area contributed by atoms with E-state index in [9.17, 15) is 4.79 Å². The standard InChI is InChI=1S/C15H18N2O/c1-15(2,10-16)14(18)17-13-9-5-7-11-6-3-4-8-12(11)13/h5,7,9H,3-4,6,8H2,1-2H3,(H,17,18). The molecule has 0 saturated heterocycles. The Morgan fingerprint density at radius 2 is 2.06 bits per heavy atom. The average Bonchev–Trinajstić information content (AvgIpc) is 2.39. The summed E-state index contributed by atoms with van der Waals surface area (Å²) in [5.41, 5.74) is 2.46. The van der Waals surface area contributed by atoms with Crippen LogP contribution >= 0.6 is 0 Å². The Balaban J connectivity index is 2.26.